The summed E-state index contributed by atoms with van der Waals surface area (Å²) in [6.07, 6.45) is 14.8. The summed E-state index contributed by atoms with van der Waals surface area (Å²) in [5.41, 5.74) is 2.42. The predicted molar refractivity (Wildman–Crippen MR) is 137 cm³/mol. The van der Waals surface area contributed by atoms with Gasteiger partial charge >= 0.3 is 0 Å². The van der Waals surface area contributed by atoms with E-state index >= 15 is 0 Å². The number of benzene rings is 1. The molecule has 5 heteroatoms. The van der Waals surface area contributed by atoms with Gasteiger partial charge in [-0.3, -0.25) is 4.79 Å². The Morgan fingerprint density at radius 3 is 2.50 bits per heavy atom. The van der Waals surface area contributed by atoms with Gasteiger partial charge in [-0.25, -0.2) is 0 Å². The molecular weight excluding hydrogens is 424 g/mol. The molecule has 0 aromatic heterocycles. The lowest BCUT2D eigenvalue weighted by Crippen LogP contribution is -2.57. The Kier molecular flexibility index (Phi) is 8.24. The number of phenolic OH excluding ortho intramolecular Hbond substituents is 1. The van der Waals surface area contributed by atoms with Gasteiger partial charge in [0.25, 0.3) is 0 Å². The van der Waals surface area contributed by atoms with Crippen LogP contribution in [0.3, 0.4) is 0 Å². The van der Waals surface area contributed by atoms with Crippen LogP contribution in [-0.4, -0.2) is 42.9 Å². The van der Waals surface area contributed by atoms with E-state index < -0.39 is 0 Å². The van der Waals surface area contributed by atoms with Crippen molar-refractivity contribution in [3.05, 3.63) is 29.3 Å². The zero-order valence-corrected chi connectivity index (χ0v) is 21.6. The fraction of sp³-hybridized carbons (Fsp3) is 0.759. The highest BCUT2D eigenvalue weighted by Gasteiger charge is 2.43. The van der Waals surface area contributed by atoms with Gasteiger partial charge in [-0.1, -0.05) is 58.4 Å². The number of methoxy groups -OCH3 is 1. The van der Waals surface area contributed by atoms with E-state index in [1.807, 2.05) is 12.1 Å². The fourth-order valence-electron chi connectivity index (χ4n) is 7.09. The quantitative estimate of drug-likeness (QED) is 0.477. The third-order valence-electron chi connectivity index (χ3n) is 9.10. The molecule has 3 N–H and O–H groups in total. The molecule has 0 unspecified atom stereocenters. The van der Waals surface area contributed by atoms with Crippen molar-refractivity contribution in [2.75, 3.05) is 13.7 Å². The maximum Gasteiger partial charge on any atom is 0.220 e. The number of hydrogen-bond donors (Lipinski definition) is 3. The summed E-state index contributed by atoms with van der Waals surface area (Å²) in [5, 5.41) is 17.4. The lowest BCUT2D eigenvalue weighted by Gasteiger charge is -2.46. The van der Waals surface area contributed by atoms with Gasteiger partial charge < -0.3 is 20.5 Å². The third-order valence-corrected chi connectivity index (χ3v) is 9.10. The van der Waals surface area contributed by atoms with Crippen LogP contribution in [0.15, 0.2) is 18.2 Å². The normalized spacial score (nSPS) is 26.6. The van der Waals surface area contributed by atoms with Crippen LogP contribution < -0.4 is 10.6 Å². The first-order valence-corrected chi connectivity index (χ1v) is 13.7. The van der Waals surface area contributed by atoms with Crippen molar-refractivity contribution < 1.29 is 14.6 Å². The first-order valence-electron chi connectivity index (χ1n) is 13.7. The second-order valence-corrected chi connectivity index (χ2v) is 11.9. The number of fused-ring (bicyclic) bond motifs is 1. The van der Waals surface area contributed by atoms with Crippen LogP contribution in [0.5, 0.6) is 5.75 Å². The van der Waals surface area contributed by atoms with Crippen LogP contribution in [0, 0.1) is 5.41 Å². The Morgan fingerprint density at radius 1 is 1.09 bits per heavy atom. The van der Waals surface area contributed by atoms with Crippen molar-refractivity contribution in [2.24, 2.45) is 5.41 Å². The summed E-state index contributed by atoms with van der Waals surface area (Å²) in [5.74, 6) is 0.595. The summed E-state index contributed by atoms with van der Waals surface area (Å²) < 4.78 is 5.95. The maximum absolute atomic E-state index is 13.0. The number of ether oxygens (including phenoxy) is 1. The molecule has 5 nitrogen and oxygen atoms in total. The van der Waals surface area contributed by atoms with Crippen LogP contribution in [0.1, 0.15) is 102 Å². The SMILES string of the molecule is CO[C@@H]1Cc2ccc(O)cc2C(C)(C)[C@H]1NCCC1(CC(=O)NC2CCCCC2)CCCCC1. The molecule has 3 aliphatic carbocycles. The zero-order valence-electron chi connectivity index (χ0n) is 21.6. The zero-order chi connectivity index (χ0) is 24.2. The second kappa shape index (κ2) is 11.0. The van der Waals surface area contributed by atoms with Crippen molar-refractivity contribution in [1.29, 1.82) is 0 Å². The van der Waals surface area contributed by atoms with Gasteiger partial charge in [-0.15, -0.1) is 0 Å². The molecule has 1 aromatic rings. The smallest absolute Gasteiger partial charge is 0.220 e. The topological polar surface area (TPSA) is 70.6 Å². The Labute approximate surface area is 206 Å². The lowest BCUT2D eigenvalue weighted by atomic mass is 9.67. The number of aromatic hydroxyl groups is 1. The van der Waals surface area contributed by atoms with E-state index in [-0.39, 0.29) is 28.9 Å². The molecular formula is C29H46N2O3. The average Bonchev–Trinajstić information content (AvgIpc) is 2.82. The van der Waals surface area contributed by atoms with E-state index in [1.54, 1.807) is 13.2 Å². The van der Waals surface area contributed by atoms with Gasteiger partial charge in [-0.05, 0) is 67.3 Å². The van der Waals surface area contributed by atoms with E-state index in [1.165, 1.54) is 49.7 Å². The van der Waals surface area contributed by atoms with Crippen molar-refractivity contribution in [1.82, 2.24) is 10.6 Å². The largest absolute Gasteiger partial charge is 0.508 e. The van der Waals surface area contributed by atoms with E-state index in [9.17, 15) is 9.90 Å². The first-order chi connectivity index (χ1) is 16.3. The predicted octanol–water partition coefficient (Wildman–Crippen LogP) is 5.38. The number of carbonyl (C=O) groups excluding carboxylic acids is 1. The van der Waals surface area contributed by atoms with E-state index in [2.05, 4.69) is 24.5 Å². The van der Waals surface area contributed by atoms with Gasteiger partial charge in [0, 0.05) is 37.5 Å². The fourth-order valence-corrected chi connectivity index (χ4v) is 7.09. The minimum Gasteiger partial charge on any atom is -0.508 e. The van der Waals surface area contributed by atoms with E-state index in [4.69, 9.17) is 4.74 Å². The van der Waals surface area contributed by atoms with E-state index in [0.717, 1.165) is 45.1 Å². The molecule has 0 spiro atoms. The van der Waals surface area contributed by atoms with Crippen LogP contribution in [0.25, 0.3) is 0 Å². The molecule has 34 heavy (non-hydrogen) atoms. The summed E-state index contributed by atoms with van der Waals surface area (Å²) >= 11 is 0. The summed E-state index contributed by atoms with van der Waals surface area (Å²) in [6.45, 7) is 5.39. The Balaban J connectivity index is 1.40. The molecule has 0 aliphatic heterocycles. The van der Waals surface area contributed by atoms with Crippen LogP contribution >= 0.6 is 0 Å². The minimum atomic E-state index is -0.162. The summed E-state index contributed by atoms with van der Waals surface area (Å²) in [6, 6.07) is 6.29. The number of rotatable bonds is 8. The lowest BCUT2D eigenvalue weighted by molar-refractivity contribution is -0.125. The Morgan fingerprint density at radius 2 is 1.79 bits per heavy atom. The molecule has 0 bridgehead atoms. The number of hydrogen-bond acceptors (Lipinski definition) is 4. The average molecular weight is 471 g/mol. The third kappa shape index (κ3) is 5.79. The first kappa shape index (κ1) is 25.5. The van der Waals surface area contributed by atoms with E-state index in [0.29, 0.717) is 18.2 Å². The Bertz CT molecular complexity index is 825. The molecule has 1 aromatic carbocycles. The minimum absolute atomic E-state index is 0.0870. The number of nitrogens with one attached hydrogen (secondary N) is 2. The van der Waals surface area contributed by atoms with Crippen molar-refractivity contribution in [3.8, 4) is 5.75 Å². The van der Waals surface area contributed by atoms with Crippen LogP contribution in [0.4, 0.5) is 0 Å². The standard InChI is InChI=1S/C29H46N2O3/c1-28(2)24-19-23(32)13-12-21(24)18-25(34-3)27(28)30-17-16-29(14-8-5-9-15-29)20-26(33)31-22-10-6-4-7-11-22/h12-13,19,22,25,27,30,32H,4-11,14-18,20H2,1-3H3,(H,31,33)/t25-,27+/m1/s1. The number of phenols is 1. The molecule has 2 atom stereocenters. The van der Waals surface area contributed by atoms with Crippen molar-refractivity contribution in [2.45, 2.75) is 121 Å². The van der Waals surface area contributed by atoms with Crippen molar-refractivity contribution in [3.63, 3.8) is 0 Å². The summed E-state index contributed by atoms with van der Waals surface area (Å²) in [4.78, 5) is 13.0. The van der Waals surface area contributed by atoms with Crippen LogP contribution in [0.2, 0.25) is 0 Å². The highest BCUT2D eigenvalue weighted by Crippen LogP contribution is 2.43. The molecule has 0 heterocycles. The van der Waals surface area contributed by atoms with Crippen LogP contribution in [-0.2, 0) is 21.4 Å². The van der Waals surface area contributed by atoms with Crippen molar-refractivity contribution >= 4 is 5.91 Å². The molecule has 2 saturated carbocycles. The maximum atomic E-state index is 13.0. The monoisotopic (exact) mass is 470 g/mol. The van der Waals surface area contributed by atoms with Gasteiger partial charge in [0.05, 0.1) is 6.10 Å². The molecule has 1 amide bonds. The molecule has 190 valence electrons. The van der Waals surface area contributed by atoms with Gasteiger partial charge in [0.15, 0.2) is 0 Å². The Hall–Kier alpha value is -1.59. The number of carbonyl (C=O) groups is 1. The molecule has 3 aliphatic rings. The van der Waals surface area contributed by atoms with Gasteiger partial charge in [0.2, 0.25) is 5.91 Å². The highest BCUT2D eigenvalue weighted by atomic mass is 16.5. The van der Waals surface area contributed by atoms with Gasteiger partial charge in [0.1, 0.15) is 5.75 Å². The van der Waals surface area contributed by atoms with Gasteiger partial charge in [-0.2, -0.15) is 0 Å². The highest BCUT2D eigenvalue weighted by molar-refractivity contribution is 5.77. The molecule has 0 radical (unpaired) electrons. The molecule has 2 fully saturated rings. The number of amides is 1. The molecule has 0 saturated heterocycles. The second-order valence-electron chi connectivity index (χ2n) is 11.9. The molecule has 4 rings (SSSR count). The summed E-state index contributed by atoms with van der Waals surface area (Å²) in [7, 11) is 1.80.